The zero-order chi connectivity index (χ0) is 11.5. The van der Waals surface area contributed by atoms with E-state index >= 15 is 0 Å². The fourth-order valence-corrected chi connectivity index (χ4v) is 3.64. The zero-order valence-corrected chi connectivity index (χ0v) is 11.0. The molecule has 1 saturated heterocycles. The summed E-state index contributed by atoms with van der Waals surface area (Å²) in [5.74, 6) is 2.09. The van der Waals surface area contributed by atoms with Gasteiger partial charge in [0.05, 0.1) is 0 Å². The first-order chi connectivity index (χ1) is 8.42. The maximum atomic E-state index is 3.59. The van der Waals surface area contributed by atoms with Gasteiger partial charge in [-0.3, -0.25) is 0 Å². The summed E-state index contributed by atoms with van der Waals surface area (Å²) in [6.07, 6.45) is 3.89. The molecule has 3 rings (SSSR count). The molecule has 0 saturated carbocycles. The number of aryl methyl sites for hydroxylation is 1. The van der Waals surface area contributed by atoms with Crippen molar-refractivity contribution in [1.82, 2.24) is 5.32 Å². The molecular weight excluding hydrogens is 228 g/mol. The highest BCUT2D eigenvalue weighted by molar-refractivity contribution is 7.99. The van der Waals surface area contributed by atoms with Gasteiger partial charge in [-0.2, -0.15) is 0 Å². The van der Waals surface area contributed by atoms with E-state index in [4.69, 9.17) is 0 Å². The fraction of sp³-hybridized carbons (Fsp3) is 0.571. The molecule has 1 aromatic carbocycles. The van der Waals surface area contributed by atoms with E-state index in [0.29, 0.717) is 0 Å². The summed E-state index contributed by atoms with van der Waals surface area (Å²) >= 11 is 2.00. The molecule has 2 nitrogen and oxygen atoms in total. The Hall–Kier alpha value is -0.670. The SMILES string of the molecule is c1cc2c(cc1NCC1CCNC1)CCCS2. The maximum Gasteiger partial charge on any atom is 0.0343 e. The second-order valence-corrected chi connectivity index (χ2v) is 6.15. The van der Waals surface area contributed by atoms with Crippen LogP contribution in [0.2, 0.25) is 0 Å². The van der Waals surface area contributed by atoms with Crippen molar-refractivity contribution in [3.8, 4) is 0 Å². The molecule has 0 amide bonds. The molecule has 1 aromatic rings. The summed E-state index contributed by atoms with van der Waals surface area (Å²) in [5, 5.41) is 7.00. The maximum absolute atomic E-state index is 3.59. The van der Waals surface area contributed by atoms with Crippen molar-refractivity contribution in [2.24, 2.45) is 5.92 Å². The molecule has 0 aliphatic carbocycles. The summed E-state index contributed by atoms with van der Waals surface area (Å²) in [7, 11) is 0. The summed E-state index contributed by atoms with van der Waals surface area (Å²) in [4.78, 5) is 1.49. The van der Waals surface area contributed by atoms with Gasteiger partial charge in [-0.1, -0.05) is 0 Å². The first-order valence-electron chi connectivity index (χ1n) is 6.62. The van der Waals surface area contributed by atoms with Crippen LogP contribution >= 0.6 is 11.8 Å². The van der Waals surface area contributed by atoms with Gasteiger partial charge in [0.15, 0.2) is 0 Å². The molecule has 3 heteroatoms. The quantitative estimate of drug-likeness (QED) is 0.860. The van der Waals surface area contributed by atoms with Crippen molar-refractivity contribution >= 4 is 17.4 Å². The van der Waals surface area contributed by atoms with E-state index in [2.05, 4.69) is 28.8 Å². The van der Waals surface area contributed by atoms with Crippen molar-refractivity contribution in [2.45, 2.75) is 24.2 Å². The zero-order valence-electron chi connectivity index (χ0n) is 10.2. The number of nitrogens with one attached hydrogen (secondary N) is 2. The Labute approximate surface area is 108 Å². The Balaban J connectivity index is 1.62. The lowest BCUT2D eigenvalue weighted by Gasteiger charge is -2.17. The molecular formula is C14H20N2S. The molecule has 1 fully saturated rings. The number of rotatable bonds is 3. The number of thioether (sulfide) groups is 1. The third-order valence-corrected chi connectivity index (χ3v) is 4.87. The molecule has 0 bridgehead atoms. The van der Waals surface area contributed by atoms with Crippen LogP contribution in [0.25, 0.3) is 0 Å². The van der Waals surface area contributed by atoms with Crippen molar-refractivity contribution in [3.63, 3.8) is 0 Å². The highest BCUT2D eigenvalue weighted by Gasteiger charge is 2.14. The van der Waals surface area contributed by atoms with Gasteiger partial charge in [0, 0.05) is 17.1 Å². The van der Waals surface area contributed by atoms with Gasteiger partial charge in [0.25, 0.3) is 0 Å². The molecule has 1 atom stereocenters. The molecule has 0 aromatic heterocycles. The van der Waals surface area contributed by atoms with Gasteiger partial charge in [0.1, 0.15) is 0 Å². The third kappa shape index (κ3) is 2.78. The van der Waals surface area contributed by atoms with Crippen LogP contribution in [0.1, 0.15) is 18.4 Å². The van der Waals surface area contributed by atoms with E-state index in [1.807, 2.05) is 11.8 Å². The van der Waals surface area contributed by atoms with Crippen molar-refractivity contribution in [2.75, 3.05) is 30.7 Å². The normalized spacial score (nSPS) is 23.4. The summed E-state index contributed by atoms with van der Waals surface area (Å²) in [5.41, 5.74) is 2.84. The van der Waals surface area contributed by atoms with Gasteiger partial charge >= 0.3 is 0 Å². The predicted octanol–water partition coefficient (Wildman–Crippen LogP) is 2.75. The standard InChI is InChI=1S/C14H20N2S/c1-2-12-8-13(3-4-14(12)17-7-1)16-10-11-5-6-15-9-11/h3-4,8,11,15-16H,1-2,5-7,9-10H2. The fourth-order valence-electron chi connectivity index (χ4n) is 2.62. The van der Waals surface area contributed by atoms with E-state index in [1.165, 1.54) is 54.3 Å². The van der Waals surface area contributed by atoms with Crippen LogP contribution in [0.5, 0.6) is 0 Å². The number of fused-ring (bicyclic) bond motifs is 1. The van der Waals surface area contributed by atoms with Gasteiger partial charge < -0.3 is 10.6 Å². The van der Waals surface area contributed by atoms with Crippen LogP contribution in [-0.4, -0.2) is 25.4 Å². The third-order valence-electron chi connectivity index (χ3n) is 3.67. The van der Waals surface area contributed by atoms with Crippen LogP contribution < -0.4 is 10.6 Å². The summed E-state index contributed by atoms with van der Waals surface area (Å²) in [6, 6.07) is 6.87. The van der Waals surface area contributed by atoms with E-state index in [-0.39, 0.29) is 0 Å². The van der Waals surface area contributed by atoms with Crippen LogP contribution in [-0.2, 0) is 6.42 Å². The van der Waals surface area contributed by atoms with Crippen LogP contribution in [0.15, 0.2) is 23.1 Å². The van der Waals surface area contributed by atoms with Crippen LogP contribution in [0.3, 0.4) is 0 Å². The van der Waals surface area contributed by atoms with Gasteiger partial charge in [-0.15, -0.1) is 11.8 Å². The van der Waals surface area contributed by atoms with E-state index < -0.39 is 0 Å². The lowest BCUT2D eigenvalue weighted by molar-refractivity contribution is 0.615. The monoisotopic (exact) mass is 248 g/mol. The predicted molar refractivity (Wildman–Crippen MR) is 75.0 cm³/mol. The molecule has 1 unspecified atom stereocenters. The largest absolute Gasteiger partial charge is 0.385 e. The Morgan fingerprint density at radius 3 is 3.29 bits per heavy atom. The topological polar surface area (TPSA) is 24.1 Å². The molecule has 17 heavy (non-hydrogen) atoms. The second kappa shape index (κ2) is 5.32. The molecule has 0 spiro atoms. The average Bonchev–Trinajstić information content (AvgIpc) is 2.89. The summed E-state index contributed by atoms with van der Waals surface area (Å²) < 4.78 is 0. The van der Waals surface area contributed by atoms with Crippen molar-refractivity contribution in [3.05, 3.63) is 23.8 Å². The highest BCUT2D eigenvalue weighted by Crippen LogP contribution is 2.31. The van der Waals surface area contributed by atoms with Crippen molar-refractivity contribution in [1.29, 1.82) is 0 Å². The number of hydrogen-bond acceptors (Lipinski definition) is 3. The lowest BCUT2D eigenvalue weighted by Crippen LogP contribution is -2.17. The minimum Gasteiger partial charge on any atom is -0.385 e. The van der Waals surface area contributed by atoms with Crippen LogP contribution in [0.4, 0.5) is 5.69 Å². The molecule has 2 aliphatic rings. The smallest absolute Gasteiger partial charge is 0.0343 e. The first-order valence-corrected chi connectivity index (χ1v) is 7.61. The minimum atomic E-state index is 0.806. The second-order valence-electron chi connectivity index (χ2n) is 5.01. The molecule has 2 N–H and O–H groups in total. The lowest BCUT2D eigenvalue weighted by atomic mass is 10.1. The minimum absolute atomic E-state index is 0.806. The Morgan fingerprint density at radius 2 is 2.41 bits per heavy atom. The Bertz CT molecular complexity index is 386. The van der Waals surface area contributed by atoms with E-state index in [9.17, 15) is 0 Å². The number of anilines is 1. The van der Waals surface area contributed by atoms with Gasteiger partial charge in [0.2, 0.25) is 0 Å². The number of hydrogen-bond donors (Lipinski definition) is 2. The molecule has 92 valence electrons. The van der Waals surface area contributed by atoms with E-state index in [1.54, 1.807) is 0 Å². The highest BCUT2D eigenvalue weighted by atomic mass is 32.2. The number of benzene rings is 1. The average molecular weight is 248 g/mol. The Morgan fingerprint density at radius 1 is 1.41 bits per heavy atom. The molecule has 0 radical (unpaired) electrons. The van der Waals surface area contributed by atoms with Gasteiger partial charge in [-0.05, 0) is 67.8 Å². The van der Waals surface area contributed by atoms with E-state index in [0.717, 1.165) is 12.5 Å². The first kappa shape index (κ1) is 11.4. The van der Waals surface area contributed by atoms with Gasteiger partial charge in [-0.25, -0.2) is 0 Å². The molecule has 2 aliphatic heterocycles. The summed E-state index contributed by atoms with van der Waals surface area (Å²) in [6.45, 7) is 3.47. The molecule has 2 heterocycles. The van der Waals surface area contributed by atoms with Crippen LogP contribution in [0, 0.1) is 5.92 Å². The van der Waals surface area contributed by atoms with Crippen molar-refractivity contribution < 1.29 is 0 Å². The Kier molecular flexibility index (Phi) is 3.57.